The zero-order valence-electron chi connectivity index (χ0n) is 12.0. The normalized spacial score (nSPS) is 10.7. The Balaban J connectivity index is 2.87. The molecule has 0 heterocycles. The minimum Gasteiger partial charge on any atom is -0.378 e. The standard InChI is InChI=1S/C15H21N3O/c1-5-15(6-2,11-16)17-14(19)12-7-9-13(10-8-12)18(3)4/h7-10H,5-6H2,1-4H3,(H,17,19). The van der Waals surface area contributed by atoms with Crippen LogP contribution in [0.2, 0.25) is 0 Å². The van der Waals surface area contributed by atoms with Gasteiger partial charge in [0.15, 0.2) is 0 Å². The molecule has 0 fully saturated rings. The fourth-order valence-corrected chi connectivity index (χ4v) is 1.81. The van der Waals surface area contributed by atoms with Crippen LogP contribution in [0.5, 0.6) is 0 Å². The van der Waals surface area contributed by atoms with Gasteiger partial charge in [-0.3, -0.25) is 4.79 Å². The largest absolute Gasteiger partial charge is 0.378 e. The number of nitrogens with zero attached hydrogens (tertiary/aromatic N) is 2. The molecule has 19 heavy (non-hydrogen) atoms. The summed E-state index contributed by atoms with van der Waals surface area (Å²) in [6, 6.07) is 9.54. The van der Waals surface area contributed by atoms with Gasteiger partial charge in [-0.2, -0.15) is 5.26 Å². The van der Waals surface area contributed by atoms with Gasteiger partial charge in [0.25, 0.3) is 5.91 Å². The Bertz CT molecular complexity index is 467. The molecule has 0 aromatic heterocycles. The van der Waals surface area contributed by atoms with Crippen LogP contribution >= 0.6 is 0 Å². The fourth-order valence-electron chi connectivity index (χ4n) is 1.81. The van der Waals surface area contributed by atoms with Crippen LogP contribution in [-0.4, -0.2) is 25.5 Å². The minimum absolute atomic E-state index is 0.199. The zero-order valence-corrected chi connectivity index (χ0v) is 12.0. The van der Waals surface area contributed by atoms with E-state index in [2.05, 4.69) is 11.4 Å². The van der Waals surface area contributed by atoms with E-state index < -0.39 is 5.54 Å². The molecule has 0 saturated carbocycles. The lowest BCUT2D eigenvalue weighted by Gasteiger charge is -2.25. The van der Waals surface area contributed by atoms with Crippen LogP contribution in [0.4, 0.5) is 5.69 Å². The third-order valence-electron chi connectivity index (χ3n) is 3.42. The van der Waals surface area contributed by atoms with Crippen molar-refractivity contribution in [2.75, 3.05) is 19.0 Å². The maximum absolute atomic E-state index is 12.1. The first-order chi connectivity index (χ1) is 8.98. The molecule has 0 aliphatic rings. The molecule has 0 aliphatic carbocycles. The molecule has 1 N–H and O–H groups in total. The average Bonchev–Trinajstić information content (AvgIpc) is 2.45. The lowest BCUT2D eigenvalue weighted by atomic mass is 9.94. The van der Waals surface area contributed by atoms with Crippen molar-refractivity contribution in [1.82, 2.24) is 5.32 Å². The Morgan fingerprint density at radius 2 is 1.79 bits per heavy atom. The van der Waals surface area contributed by atoms with Crippen molar-refractivity contribution in [3.8, 4) is 6.07 Å². The first-order valence-electron chi connectivity index (χ1n) is 6.49. The summed E-state index contributed by atoms with van der Waals surface area (Å²) in [5.74, 6) is -0.199. The van der Waals surface area contributed by atoms with Gasteiger partial charge in [0.1, 0.15) is 5.54 Å². The summed E-state index contributed by atoms with van der Waals surface area (Å²) in [6.45, 7) is 3.81. The molecule has 0 atom stereocenters. The molecule has 1 aromatic carbocycles. The predicted octanol–water partition coefficient (Wildman–Crippen LogP) is 2.56. The number of rotatable bonds is 5. The number of hydrogen-bond donors (Lipinski definition) is 1. The number of carbonyl (C=O) groups excluding carboxylic acids is 1. The van der Waals surface area contributed by atoms with Crippen LogP contribution in [0, 0.1) is 11.3 Å². The molecule has 0 unspecified atom stereocenters. The molecule has 102 valence electrons. The first-order valence-corrected chi connectivity index (χ1v) is 6.49. The molecule has 0 spiro atoms. The first kappa shape index (κ1) is 15.0. The summed E-state index contributed by atoms with van der Waals surface area (Å²) in [5.41, 5.74) is 0.846. The number of benzene rings is 1. The van der Waals surface area contributed by atoms with Crippen LogP contribution in [0.3, 0.4) is 0 Å². The Morgan fingerprint density at radius 3 is 2.16 bits per heavy atom. The Kier molecular flexibility index (Phi) is 4.94. The third-order valence-corrected chi connectivity index (χ3v) is 3.42. The molecule has 0 bridgehead atoms. The van der Waals surface area contributed by atoms with E-state index >= 15 is 0 Å². The highest BCUT2D eigenvalue weighted by Gasteiger charge is 2.28. The van der Waals surface area contributed by atoms with Crippen molar-refractivity contribution < 1.29 is 4.79 Å². The van der Waals surface area contributed by atoms with E-state index in [-0.39, 0.29) is 5.91 Å². The van der Waals surface area contributed by atoms with Gasteiger partial charge in [0.05, 0.1) is 6.07 Å². The van der Waals surface area contributed by atoms with Crippen molar-refractivity contribution in [2.45, 2.75) is 32.2 Å². The van der Waals surface area contributed by atoms with Gasteiger partial charge in [0.2, 0.25) is 0 Å². The number of nitriles is 1. The number of nitrogens with one attached hydrogen (secondary N) is 1. The average molecular weight is 259 g/mol. The van der Waals surface area contributed by atoms with Gasteiger partial charge in [-0.05, 0) is 37.1 Å². The van der Waals surface area contributed by atoms with Crippen LogP contribution in [0.25, 0.3) is 0 Å². The Hall–Kier alpha value is -2.02. The van der Waals surface area contributed by atoms with E-state index in [1.165, 1.54) is 0 Å². The summed E-state index contributed by atoms with van der Waals surface area (Å²) in [5, 5.41) is 12.0. The van der Waals surface area contributed by atoms with E-state index in [0.29, 0.717) is 18.4 Å². The van der Waals surface area contributed by atoms with Gasteiger partial charge in [-0.25, -0.2) is 0 Å². The van der Waals surface area contributed by atoms with Crippen molar-refractivity contribution in [2.24, 2.45) is 0 Å². The lowest BCUT2D eigenvalue weighted by molar-refractivity contribution is 0.0915. The highest BCUT2D eigenvalue weighted by molar-refractivity contribution is 5.95. The van der Waals surface area contributed by atoms with Crippen LogP contribution < -0.4 is 10.2 Å². The van der Waals surface area contributed by atoms with E-state index in [1.54, 1.807) is 12.1 Å². The summed E-state index contributed by atoms with van der Waals surface area (Å²) >= 11 is 0. The number of hydrogen-bond acceptors (Lipinski definition) is 3. The Morgan fingerprint density at radius 1 is 1.26 bits per heavy atom. The van der Waals surface area contributed by atoms with Crippen LogP contribution in [0.15, 0.2) is 24.3 Å². The Labute approximate surface area is 115 Å². The van der Waals surface area contributed by atoms with E-state index in [9.17, 15) is 10.1 Å². The summed E-state index contributed by atoms with van der Waals surface area (Å²) in [6.07, 6.45) is 1.20. The maximum atomic E-state index is 12.1. The summed E-state index contributed by atoms with van der Waals surface area (Å²) in [4.78, 5) is 14.1. The topological polar surface area (TPSA) is 56.1 Å². The quantitative estimate of drug-likeness (QED) is 0.884. The second-order valence-electron chi connectivity index (χ2n) is 4.80. The van der Waals surface area contributed by atoms with Gasteiger partial charge in [-0.15, -0.1) is 0 Å². The molecule has 1 amide bonds. The molecule has 1 rings (SSSR count). The highest BCUT2D eigenvalue weighted by atomic mass is 16.1. The highest BCUT2D eigenvalue weighted by Crippen LogP contribution is 2.16. The second kappa shape index (κ2) is 6.24. The molecule has 0 radical (unpaired) electrons. The molecule has 4 nitrogen and oxygen atoms in total. The summed E-state index contributed by atoms with van der Waals surface area (Å²) < 4.78 is 0. The van der Waals surface area contributed by atoms with Crippen molar-refractivity contribution in [1.29, 1.82) is 5.26 Å². The predicted molar refractivity (Wildman–Crippen MR) is 77.2 cm³/mol. The smallest absolute Gasteiger partial charge is 0.252 e. The molecule has 1 aromatic rings. The van der Waals surface area contributed by atoms with Gasteiger partial charge < -0.3 is 10.2 Å². The number of amides is 1. The monoisotopic (exact) mass is 259 g/mol. The van der Waals surface area contributed by atoms with Gasteiger partial charge in [0, 0.05) is 25.3 Å². The lowest BCUT2D eigenvalue weighted by Crippen LogP contribution is -2.46. The molecular weight excluding hydrogens is 238 g/mol. The molecule has 4 heteroatoms. The zero-order chi connectivity index (χ0) is 14.5. The van der Waals surface area contributed by atoms with Crippen molar-refractivity contribution in [3.63, 3.8) is 0 Å². The third kappa shape index (κ3) is 3.47. The fraction of sp³-hybridized carbons (Fsp3) is 0.467. The van der Waals surface area contributed by atoms with E-state index in [0.717, 1.165) is 5.69 Å². The van der Waals surface area contributed by atoms with E-state index in [4.69, 9.17) is 0 Å². The SMILES string of the molecule is CCC(C#N)(CC)NC(=O)c1ccc(N(C)C)cc1. The van der Waals surface area contributed by atoms with Crippen molar-refractivity contribution >= 4 is 11.6 Å². The molecule has 0 aliphatic heterocycles. The van der Waals surface area contributed by atoms with E-state index in [1.807, 2.05) is 45.0 Å². The number of anilines is 1. The van der Waals surface area contributed by atoms with Gasteiger partial charge in [-0.1, -0.05) is 13.8 Å². The second-order valence-corrected chi connectivity index (χ2v) is 4.80. The van der Waals surface area contributed by atoms with Crippen LogP contribution in [0.1, 0.15) is 37.0 Å². The number of carbonyl (C=O) groups is 1. The summed E-state index contributed by atoms with van der Waals surface area (Å²) in [7, 11) is 3.90. The van der Waals surface area contributed by atoms with Gasteiger partial charge >= 0.3 is 0 Å². The maximum Gasteiger partial charge on any atom is 0.252 e. The molecule has 0 saturated heterocycles. The van der Waals surface area contributed by atoms with Crippen molar-refractivity contribution in [3.05, 3.63) is 29.8 Å². The van der Waals surface area contributed by atoms with Crippen LogP contribution in [-0.2, 0) is 0 Å². The molecular formula is C15H21N3O. The minimum atomic E-state index is -0.767.